The van der Waals surface area contributed by atoms with Gasteiger partial charge in [0.25, 0.3) is 5.76 Å². The van der Waals surface area contributed by atoms with Crippen molar-refractivity contribution in [2.24, 2.45) is 0 Å². The van der Waals surface area contributed by atoms with Crippen molar-refractivity contribution in [3.05, 3.63) is 53.6 Å². The number of benzene rings is 2. The Balaban J connectivity index is 2.33. The van der Waals surface area contributed by atoms with Gasteiger partial charge in [-0.15, -0.1) is 0 Å². The molecule has 0 bridgehead atoms. The summed E-state index contributed by atoms with van der Waals surface area (Å²) in [5, 5.41) is 3.15. The first-order valence-corrected chi connectivity index (χ1v) is 7.27. The molecule has 20 heavy (non-hydrogen) atoms. The third-order valence-corrected chi connectivity index (χ3v) is 3.75. The third-order valence-electron chi connectivity index (χ3n) is 3.02. The first-order valence-electron chi connectivity index (χ1n) is 6.39. The number of aryl methyl sites for hydroxylation is 1. The second kappa shape index (κ2) is 6.86. The van der Waals surface area contributed by atoms with E-state index in [1.54, 1.807) is 12.1 Å². The fourth-order valence-corrected chi connectivity index (χ4v) is 2.62. The van der Waals surface area contributed by atoms with E-state index in [0.29, 0.717) is 16.7 Å². The highest BCUT2D eigenvalue weighted by Gasteiger charge is 2.08. The highest BCUT2D eigenvalue weighted by molar-refractivity contribution is 7.99. The fraction of sp³-hybridized carbons (Fsp3) is 0.250. The molecule has 0 aliphatic rings. The van der Waals surface area contributed by atoms with Gasteiger partial charge in [0.15, 0.2) is 0 Å². The quantitative estimate of drug-likeness (QED) is 0.802. The van der Waals surface area contributed by atoms with Gasteiger partial charge in [-0.05, 0) is 42.8 Å². The lowest BCUT2D eigenvalue weighted by Gasteiger charge is -2.11. The molecule has 2 rings (SSSR count). The van der Waals surface area contributed by atoms with E-state index in [-0.39, 0.29) is 0 Å². The highest BCUT2D eigenvalue weighted by atomic mass is 32.2. The Labute approximate surface area is 122 Å². The molecule has 0 spiro atoms. The molecular formula is C16H17F2NS. The second-order valence-corrected chi connectivity index (χ2v) is 5.66. The number of alkyl halides is 2. The van der Waals surface area contributed by atoms with E-state index in [2.05, 4.69) is 23.5 Å². The summed E-state index contributed by atoms with van der Waals surface area (Å²) in [6, 6.07) is 13.6. The third kappa shape index (κ3) is 3.81. The van der Waals surface area contributed by atoms with E-state index >= 15 is 0 Å². The number of nitrogens with one attached hydrogen (secondary N) is 1. The first-order chi connectivity index (χ1) is 9.60. The molecule has 0 aliphatic carbocycles. The Morgan fingerprint density at radius 3 is 2.40 bits per heavy atom. The van der Waals surface area contributed by atoms with Gasteiger partial charge in [-0.25, -0.2) is 0 Å². The van der Waals surface area contributed by atoms with Crippen LogP contribution in [0.5, 0.6) is 0 Å². The summed E-state index contributed by atoms with van der Waals surface area (Å²) in [6.45, 7) is 2.83. The van der Waals surface area contributed by atoms with Crippen LogP contribution < -0.4 is 5.32 Å². The van der Waals surface area contributed by atoms with Crippen LogP contribution in [0.3, 0.4) is 0 Å². The molecule has 0 unspecified atom stereocenters. The minimum absolute atomic E-state index is 0.574. The predicted octanol–water partition coefficient (Wildman–Crippen LogP) is 4.70. The lowest BCUT2D eigenvalue weighted by Crippen LogP contribution is -2.06. The molecule has 106 valence electrons. The van der Waals surface area contributed by atoms with Gasteiger partial charge >= 0.3 is 0 Å². The molecule has 2 aromatic carbocycles. The van der Waals surface area contributed by atoms with Gasteiger partial charge < -0.3 is 5.32 Å². The Morgan fingerprint density at radius 1 is 1.10 bits per heavy atom. The maximum absolute atomic E-state index is 12.3. The van der Waals surface area contributed by atoms with Crippen molar-refractivity contribution in [1.82, 2.24) is 5.32 Å². The largest absolute Gasteiger partial charge is 0.316 e. The van der Waals surface area contributed by atoms with Crippen molar-refractivity contribution < 1.29 is 8.78 Å². The van der Waals surface area contributed by atoms with Crippen molar-refractivity contribution in [1.29, 1.82) is 0 Å². The zero-order valence-electron chi connectivity index (χ0n) is 11.5. The summed E-state index contributed by atoms with van der Waals surface area (Å²) in [5.41, 5.74) is 4.59. The van der Waals surface area contributed by atoms with E-state index in [9.17, 15) is 8.78 Å². The lowest BCUT2D eigenvalue weighted by atomic mass is 9.97. The lowest BCUT2D eigenvalue weighted by molar-refractivity contribution is 0.252. The van der Waals surface area contributed by atoms with Crippen LogP contribution in [-0.4, -0.2) is 12.8 Å². The predicted molar refractivity (Wildman–Crippen MR) is 81.2 cm³/mol. The van der Waals surface area contributed by atoms with Crippen molar-refractivity contribution in [2.45, 2.75) is 24.1 Å². The minimum Gasteiger partial charge on any atom is -0.316 e. The van der Waals surface area contributed by atoms with E-state index in [1.165, 1.54) is 11.1 Å². The standard InChI is InChI=1S/C16H17F2NS/c1-11-3-4-13(10-19-2)15(9-11)12-5-7-14(8-6-12)20-16(17)18/h3-9,16,19H,10H2,1-2H3. The molecule has 1 nitrogen and oxygen atoms in total. The summed E-state index contributed by atoms with van der Waals surface area (Å²) in [4.78, 5) is 0.589. The van der Waals surface area contributed by atoms with Crippen molar-refractivity contribution in [3.63, 3.8) is 0 Å². The number of rotatable bonds is 5. The van der Waals surface area contributed by atoms with Gasteiger partial charge in [0, 0.05) is 11.4 Å². The van der Waals surface area contributed by atoms with Crippen LogP contribution in [-0.2, 0) is 6.54 Å². The molecule has 0 radical (unpaired) electrons. The SMILES string of the molecule is CNCc1ccc(C)cc1-c1ccc(SC(F)F)cc1. The molecule has 2 aromatic rings. The van der Waals surface area contributed by atoms with Crippen LogP contribution in [0.25, 0.3) is 11.1 Å². The summed E-state index contributed by atoms with van der Waals surface area (Å²) in [5.74, 6) is -2.38. The summed E-state index contributed by atoms with van der Waals surface area (Å²) in [7, 11) is 1.91. The second-order valence-electron chi connectivity index (χ2n) is 4.59. The summed E-state index contributed by atoms with van der Waals surface area (Å²) in [6.07, 6.45) is 0. The van der Waals surface area contributed by atoms with Crippen LogP contribution in [0.15, 0.2) is 47.4 Å². The molecular weight excluding hydrogens is 276 g/mol. The van der Waals surface area contributed by atoms with Crippen molar-refractivity contribution in [2.75, 3.05) is 7.05 Å². The molecule has 0 heterocycles. The Morgan fingerprint density at radius 2 is 1.80 bits per heavy atom. The number of hydrogen-bond acceptors (Lipinski definition) is 2. The molecule has 0 fully saturated rings. The molecule has 0 amide bonds. The van der Waals surface area contributed by atoms with Gasteiger partial charge in [0.1, 0.15) is 0 Å². The van der Waals surface area contributed by atoms with Gasteiger partial charge in [-0.1, -0.05) is 47.7 Å². The average molecular weight is 293 g/mol. The van der Waals surface area contributed by atoms with Crippen LogP contribution in [0, 0.1) is 6.92 Å². The Kier molecular flexibility index (Phi) is 5.15. The number of thioether (sulfide) groups is 1. The van der Waals surface area contributed by atoms with E-state index in [0.717, 1.165) is 17.7 Å². The smallest absolute Gasteiger partial charge is 0.288 e. The topological polar surface area (TPSA) is 12.0 Å². The minimum atomic E-state index is -2.38. The zero-order valence-corrected chi connectivity index (χ0v) is 12.3. The fourth-order valence-electron chi connectivity index (χ4n) is 2.12. The van der Waals surface area contributed by atoms with Gasteiger partial charge in [-0.2, -0.15) is 8.78 Å². The summed E-state index contributed by atoms with van der Waals surface area (Å²) < 4.78 is 24.6. The average Bonchev–Trinajstić information content (AvgIpc) is 2.41. The van der Waals surface area contributed by atoms with Gasteiger partial charge in [0.2, 0.25) is 0 Å². The number of halogens is 2. The van der Waals surface area contributed by atoms with Crippen LogP contribution in [0.2, 0.25) is 0 Å². The van der Waals surface area contributed by atoms with Crippen LogP contribution >= 0.6 is 11.8 Å². The zero-order chi connectivity index (χ0) is 14.5. The molecule has 0 aromatic heterocycles. The first kappa shape index (κ1) is 15.0. The van der Waals surface area contributed by atoms with E-state index in [1.807, 2.05) is 26.1 Å². The van der Waals surface area contributed by atoms with E-state index in [4.69, 9.17) is 0 Å². The maximum atomic E-state index is 12.3. The highest BCUT2D eigenvalue weighted by Crippen LogP contribution is 2.30. The van der Waals surface area contributed by atoms with Gasteiger partial charge in [-0.3, -0.25) is 0 Å². The van der Waals surface area contributed by atoms with E-state index < -0.39 is 5.76 Å². The molecule has 4 heteroatoms. The maximum Gasteiger partial charge on any atom is 0.288 e. The molecule has 0 aliphatic heterocycles. The summed E-state index contributed by atoms with van der Waals surface area (Å²) >= 11 is 0.574. The van der Waals surface area contributed by atoms with Crippen LogP contribution in [0.4, 0.5) is 8.78 Å². The van der Waals surface area contributed by atoms with Crippen molar-refractivity contribution in [3.8, 4) is 11.1 Å². The Hall–Kier alpha value is -1.39. The van der Waals surface area contributed by atoms with Crippen LogP contribution in [0.1, 0.15) is 11.1 Å². The molecule has 0 saturated heterocycles. The molecule has 1 N–H and O–H groups in total. The molecule has 0 saturated carbocycles. The van der Waals surface area contributed by atoms with Crippen molar-refractivity contribution >= 4 is 11.8 Å². The molecule has 0 atom stereocenters. The monoisotopic (exact) mass is 293 g/mol. The van der Waals surface area contributed by atoms with Gasteiger partial charge in [0.05, 0.1) is 0 Å². The Bertz CT molecular complexity index is 567. The number of hydrogen-bond donors (Lipinski definition) is 1. The normalized spacial score (nSPS) is 11.1.